The number of nitrogens with one attached hydrogen (secondary N) is 1. The fourth-order valence-corrected chi connectivity index (χ4v) is 1.70. The molecule has 2 rings (SSSR count). The molecule has 0 spiro atoms. The second-order valence-corrected chi connectivity index (χ2v) is 4.10. The number of alkyl halides is 2. The molecule has 0 heterocycles. The van der Waals surface area contributed by atoms with E-state index in [0.717, 1.165) is 0 Å². The summed E-state index contributed by atoms with van der Waals surface area (Å²) in [6.45, 7) is -2.89. The third-order valence-corrected chi connectivity index (χ3v) is 2.52. The van der Waals surface area contributed by atoms with E-state index >= 15 is 0 Å². The summed E-state index contributed by atoms with van der Waals surface area (Å²) in [4.78, 5) is 10.2. The molecule has 8 heteroatoms. The van der Waals surface area contributed by atoms with Gasteiger partial charge in [-0.3, -0.25) is 10.1 Å². The molecule has 2 aromatic rings. The minimum absolute atomic E-state index is 0.0223. The standard InChI is InChI=1S/C13H11F2N3O3/c14-13(15)21-12-3-1-9(2-4-12)17-10-5-8(16)6-11(7-10)18(19)20/h1-7,13,17H,16H2. The van der Waals surface area contributed by atoms with E-state index in [4.69, 9.17) is 5.73 Å². The van der Waals surface area contributed by atoms with Crippen molar-refractivity contribution in [1.82, 2.24) is 0 Å². The lowest BCUT2D eigenvalue weighted by Gasteiger charge is -2.09. The highest BCUT2D eigenvalue weighted by molar-refractivity contribution is 5.67. The van der Waals surface area contributed by atoms with E-state index in [-0.39, 0.29) is 17.1 Å². The summed E-state index contributed by atoms with van der Waals surface area (Å²) in [6.07, 6.45) is 0. The van der Waals surface area contributed by atoms with Crippen LogP contribution in [0.5, 0.6) is 5.75 Å². The summed E-state index contributed by atoms with van der Waals surface area (Å²) in [6, 6.07) is 9.81. The fraction of sp³-hybridized carbons (Fsp3) is 0.0769. The molecule has 0 bridgehead atoms. The van der Waals surface area contributed by atoms with Crippen LogP contribution >= 0.6 is 0 Å². The van der Waals surface area contributed by atoms with Crippen molar-refractivity contribution in [2.24, 2.45) is 0 Å². The van der Waals surface area contributed by atoms with Crippen molar-refractivity contribution in [2.75, 3.05) is 11.1 Å². The minimum Gasteiger partial charge on any atom is -0.435 e. The van der Waals surface area contributed by atoms with Crippen molar-refractivity contribution in [3.05, 3.63) is 52.6 Å². The molecular weight excluding hydrogens is 284 g/mol. The van der Waals surface area contributed by atoms with Gasteiger partial charge < -0.3 is 15.8 Å². The van der Waals surface area contributed by atoms with Gasteiger partial charge in [0.15, 0.2) is 0 Å². The molecule has 3 N–H and O–H groups in total. The molecule has 0 fully saturated rings. The second kappa shape index (κ2) is 6.04. The summed E-state index contributed by atoms with van der Waals surface area (Å²) in [5.41, 5.74) is 6.65. The van der Waals surface area contributed by atoms with Crippen LogP contribution in [0.3, 0.4) is 0 Å². The molecule has 0 atom stereocenters. The first-order valence-electron chi connectivity index (χ1n) is 5.81. The Hall–Kier alpha value is -2.90. The average Bonchev–Trinajstić information content (AvgIpc) is 2.39. The third kappa shape index (κ3) is 4.03. The number of benzene rings is 2. The molecule has 0 saturated heterocycles. The van der Waals surface area contributed by atoms with Crippen LogP contribution in [0.2, 0.25) is 0 Å². The maximum absolute atomic E-state index is 12.0. The summed E-state index contributed by atoms with van der Waals surface area (Å²) in [7, 11) is 0. The molecule has 6 nitrogen and oxygen atoms in total. The van der Waals surface area contributed by atoms with Crippen LogP contribution in [0.25, 0.3) is 0 Å². The smallest absolute Gasteiger partial charge is 0.387 e. The van der Waals surface area contributed by atoms with Crippen molar-refractivity contribution >= 4 is 22.7 Å². The Morgan fingerprint density at radius 3 is 2.38 bits per heavy atom. The summed E-state index contributed by atoms with van der Waals surface area (Å²) in [5, 5.41) is 13.6. The molecule has 0 unspecified atom stereocenters. The van der Waals surface area contributed by atoms with E-state index in [1.807, 2.05) is 0 Å². The van der Waals surface area contributed by atoms with Gasteiger partial charge in [0, 0.05) is 29.2 Å². The zero-order valence-corrected chi connectivity index (χ0v) is 10.6. The number of hydrogen-bond donors (Lipinski definition) is 2. The quantitative estimate of drug-likeness (QED) is 0.500. The SMILES string of the molecule is Nc1cc(Nc2ccc(OC(F)F)cc2)cc([N+](=O)[O-])c1. The first-order valence-corrected chi connectivity index (χ1v) is 5.81. The predicted octanol–water partition coefficient (Wildman–Crippen LogP) is 3.52. The lowest BCUT2D eigenvalue weighted by Crippen LogP contribution is -2.01. The van der Waals surface area contributed by atoms with E-state index in [9.17, 15) is 18.9 Å². The zero-order valence-electron chi connectivity index (χ0n) is 10.6. The Balaban J connectivity index is 2.16. The minimum atomic E-state index is -2.89. The van der Waals surface area contributed by atoms with Gasteiger partial charge in [0.25, 0.3) is 5.69 Å². The van der Waals surface area contributed by atoms with Gasteiger partial charge in [-0.25, -0.2) is 0 Å². The van der Waals surface area contributed by atoms with Crippen molar-refractivity contribution in [1.29, 1.82) is 0 Å². The van der Waals surface area contributed by atoms with Gasteiger partial charge in [0.2, 0.25) is 0 Å². The van der Waals surface area contributed by atoms with Crippen molar-refractivity contribution in [3.63, 3.8) is 0 Å². The number of rotatable bonds is 5. The zero-order chi connectivity index (χ0) is 15.4. The van der Waals surface area contributed by atoms with Crippen LogP contribution in [0, 0.1) is 10.1 Å². The Kier molecular flexibility index (Phi) is 4.17. The van der Waals surface area contributed by atoms with Crippen molar-refractivity contribution in [3.8, 4) is 5.75 Å². The van der Waals surface area contributed by atoms with Gasteiger partial charge in [0.1, 0.15) is 5.75 Å². The highest BCUT2D eigenvalue weighted by Gasteiger charge is 2.09. The molecule has 2 aromatic carbocycles. The summed E-state index contributed by atoms with van der Waals surface area (Å²) in [5.74, 6) is 0.0223. The van der Waals surface area contributed by atoms with Gasteiger partial charge in [-0.2, -0.15) is 8.78 Å². The maximum atomic E-state index is 12.0. The number of hydrogen-bond acceptors (Lipinski definition) is 5. The van der Waals surface area contributed by atoms with Crippen LogP contribution in [-0.2, 0) is 0 Å². The van der Waals surface area contributed by atoms with E-state index in [1.165, 1.54) is 42.5 Å². The number of non-ortho nitro benzene ring substituents is 1. The number of ether oxygens (including phenoxy) is 1. The van der Waals surface area contributed by atoms with E-state index in [0.29, 0.717) is 11.4 Å². The Morgan fingerprint density at radius 1 is 1.14 bits per heavy atom. The molecule has 0 amide bonds. The molecule has 0 aliphatic heterocycles. The van der Waals surface area contributed by atoms with Crippen LogP contribution in [0.4, 0.5) is 31.5 Å². The van der Waals surface area contributed by atoms with Gasteiger partial charge in [-0.15, -0.1) is 0 Å². The Bertz CT molecular complexity index is 648. The van der Waals surface area contributed by atoms with Crippen LogP contribution in [-0.4, -0.2) is 11.5 Å². The van der Waals surface area contributed by atoms with Crippen LogP contribution in [0.15, 0.2) is 42.5 Å². The molecule has 0 aliphatic rings. The van der Waals surface area contributed by atoms with Crippen LogP contribution < -0.4 is 15.8 Å². The second-order valence-electron chi connectivity index (χ2n) is 4.10. The van der Waals surface area contributed by atoms with Gasteiger partial charge >= 0.3 is 6.61 Å². The Labute approximate surface area is 118 Å². The van der Waals surface area contributed by atoms with Gasteiger partial charge in [-0.1, -0.05) is 0 Å². The number of nitrogen functional groups attached to an aromatic ring is 1. The number of nitro groups is 1. The number of nitro benzene ring substituents is 1. The highest BCUT2D eigenvalue weighted by Crippen LogP contribution is 2.26. The van der Waals surface area contributed by atoms with E-state index in [2.05, 4.69) is 10.1 Å². The highest BCUT2D eigenvalue weighted by atomic mass is 19.3. The normalized spacial score (nSPS) is 10.4. The number of anilines is 3. The fourth-order valence-electron chi connectivity index (χ4n) is 1.70. The molecule has 0 aliphatic carbocycles. The van der Waals surface area contributed by atoms with Gasteiger partial charge in [-0.05, 0) is 30.3 Å². The summed E-state index contributed by atoms with van der Waals surface area (Å²) >= 11 is 0. The van der Waals surface area contributed by atoms with Crippen LogP contribution in [0.1, 0.15) is 0 Å². The number of halogens is 2. The monoisotopic (exact) mass is 295 g/mol. The van der Waals surface area contributed by atoms with Gasteiger partial charge in [0.05, 0.1) is 4.92 Å². The lowest BCUT2D eigenvalue weighted by atomic mass is 10.2. The Morgan fingerprint density at radius 2 is 1.81 bits per heavy atom. The average molecular weight is 295 g/mol. The lowest BCUT2D eigenvalue weighted by molar-refractivity contribution is -0.384. The number of nitrogens with zero attached hydrogens (tertiary/aromatic N) is 1. The van der Waals surface area contributed by atoms with E-state index < -0.39 is 11.5 Å². The predicted molar refractivity (Wildman–Crippen MR) is 73.9 cm³/mol. The molecule has 0 radical (unpaired) electrons. The largest absolute Gasteiger partial charge is 0.435 e. The molecule has 21 heavy (non-hydrogen) atoms. The molecular formula is C13H11F2N3O3. The molecule has 0 saturated carbocycles. The maximum Gasteiger partial charge on any atom is 0.387 e. The third-order valence-electron chi connectivity index (χ3n) is 2.52. The molecule has 0 aromatic heterocycles. The first-order chi connectivity index (χ1) is 9.94. The van der Waals surface area contributed by atoms with E-state index in [1.54, 1.807) is 0 Å². The first kappa shape index (κ1) is 14.5. The summed E-state index contributed by atoms with van der Waals surface area (Å²) < 4.78 is 28.3. The molecule has 110 valence electrons. The van der Waals surface area contributed by atoms with Crippen molar-refractivity contribution < 1.29 is 18.4 Å². The van der Waals surface area contributed by atoms with Crippen molar-refractivity contribution in [2.45, 2.75) is 6.61 Å². The number of nitrogens with two attached hydrogens (primary N) is 1. The topological polar surface area (TPSA) is 90.4 Å².